The Morgan fingerprint density at radius 3 is 2.52 bits per heavy atom. The molecule has 1 aliphatic heterocycles. The third-order valence-electron chi connectivity index (χ3n) is 5.84. The van der Waals surface area contributed by atoms with Gasteiger partial charge in [-0.05, 0) is 42.8 Å². The van der Waals surface area contributed by atoms with Crippen molar-refractivity contribution in [3.8, 4) is 28.3 Å². The van der Waals surface area contributed by atoms with Crippen LogP contribution in [0.2, 0.25) is 0 Å². The summed E-state index contributed by atoms with van der Waals surface area (Å²) in [6.07, 6.45) is 5.53. The lowest BCUT2D eigenvalue weighted by atomic mass is 10.2. The number of nitrogens with zero attached hydrogens (tertiary/aromatic N) is 7. The van der Waals surface area contributed by atoms with Crippen LogP contribution in [0.15, 0.2) is 73.2 Å². The number of morpholine rings is 1. The van der Waals surface area contributed by atoms with Gasteiger partial charge in [0.05, 0.1) is 30.3 Å². The monoisotopic (exact) mass is 437 g/mol. The first-order valence-electron chi connectivity index (χ1n) is 11.0. The van der Waals surface area contributed by atoms with Crippen molar-refractivity contribution in [3.63, 3.8) is 0 Å². The summed E-state index contributed by atoms with van der Waals surface area (Å²) in [7, 11) is 0. The minimum Gasteiger partial charge on any atom is -0.378 e. The normalized spacial score (nSPS) is 14.2. The number of ether oxygens (including phenoxy) is 1. The van der Waals surface area contributed by atoms with E-state index in [0.717, 1.165) is 52.9 Å². The van der Waals surface area contributed by atoms with Gasteiger partial charge in [0.2, 0.25) is 0 Å². The minimum absolute atomic E-state index is 0.694. The van der Waals surface area contributed by atoms with Crippen molar-refractivity contribution in [1.82, 2.24) is 29.4 Å². The van der Waals surface area contributed by atoms with Crippen molar-refractivity contribution in [2.75, 3.05) is 31.2 Å². The van der Waals surface area contributed by atoms with E-state index in [-0.39, 0.29) is 0 Å². The Hall–Kier alpha value is -4.04. The van der Waals surface area contributed by atoms with E-state index < -0.39 is 0 Å². The molecule has 8 heteroatoms. The van der Waals surface area contributed by atoms with Crippen molar-refractivity contribution >= 4 is 11.5 Å². The van der Waals surface area contributed by atoms with Crippen molar-refractivity contribution in [1.29, 1.82) is 0 Å². The van der Waals surface area contributed by atoms with E-state index in [1.54, 1.807) is 12.4 Å². The Labute approximate surface area is 191 Å². The highest BCUT2D eigenvalue weighted by Crippen LogP contribution is 2.28. The van der Waals surface area contributed by atoms with Crippen LogP contribution < -0.4 is 4.90 Å². The zero-order chi connectivity index (χ0) is 22.2. The number of rotatable bonds is 4. The first kappa shape index (κ1) is 19.6. The zero-order valence-electron chi connectivity index (χ0n) is 18.3. The Bertz CT molecular complexity index is 1420. The lowest BCUT2D eigenvalue weighted by Gasteiger charge is -2.29. The van der Waals surface area contributed by atoms with Gasteiger partial charge < -0.3 is 9.64 Å². The molecule has 1 aromatic carbocycles. The number of anilines is 1. The largest absolute Gasteiger partial charge is 0.378 e. The lowest BCUT2D eigenvalue weighted by molar-refractivity contribution is 0.122. The van der Waals surface area contributed by atoms with Crippen molar-refractivity contribution in [2.45, 2.75) is 6.92 Å². The molecule has 0 spiro atoms. The van der Waals surface area contributed by atoms with Gasteiger partial charge in [-0.25, -0.2) is 9.67 Å². The van der Waals surface area contributed by atoms with E-state index in [1.807, 2.05) is 45.7 Å². The molecule has 164 valence electrons. The molecule has 6 rings (SSSR count). The second kappa shape index (κ2) is 8.14. The highest BCUT2D eigenvalue weighted by Gasteiger charge is 2.19. The van der Waals surface area contributed by atoms with Crippen molar-refractivity contribution < 1.29 is 4.74 Å². The molecule has 1 aliphatic rings. The smallest absolute Gasteiger partial charge is 0.158 e. The number of aromatic nitrogens is 6. The zero-order valence-corrected chi connectivity index (χ0v) is 18.3. The Balaban J connectivity index is 1.47. The van der Waals surface area contributed by atoms with Gasteiger partial charge >= 0.3 is 0 Å². The molecular weight excluding hydrogens is 414 g/mol. The van der Waals surface area contributed by atoms with Crippen LogP contribution in [-0.2, 0) is 4.74 Å². The predicted molar refractivity (Wildman–Crippen MR) is 127 cm³/mol. The van der Waals surface area contributed by atoms with Crippen LogP contribution in [-0.4, -0.2) is 55.7 Å². The second-order valence-electron chi connectivity index (χ2n) is 8.12. The lowest BCUT2D eigenvalue weighted by Crippen LogP contribution is -2.37. The molecule has 33 heavy (non-hydrogen) atoms. The predicted octanol–water partition coefficient (Wildman–Crippen LogP) is 3.79. The van der Waals surface area contributed by atoms with E-state index in [0.29, 0.717) is 13.2 Å². The molecule has 0 unspecified atom stereocenters. The molecule has 1 saturated heterocycles. The quantitative estimate of drug-likeness (QED) is 0.426. The molecule has 0 amide bonds. The molecule has 0 N–H and O–H groups in total. The molecular formula is C25H23N7O. The van der Waals surface area contributed by atoms with E-state index in [4.69, 9.17) is 19.9 Å². The molecule has 4 aromatic heterocycles. The van der Waals surface area contributed by atoms with Gasteiger partial charge in [0, 0.05) is 49.4 Å². The molecule has 0 radical (unpaired) electrons. The van der Waals surface area contributed by atoms with Crippen molar-refractivity contribution in [3.05, 3.63) is 78.8 Å². The van der Waals surface area contributed by atoms with Gasteiger partial charge in [-0.15, -0.1) is 0 Å². The Kier molecular flexibility index (Phi) is 4.84. The van der Waals surface area contributed by atoms with E-state index in [1.165, 1.54) is 5.56 Å². The minimum atomic E-state index is 0.694. The van der Waals surface area contributed by atoms with Crippen LogP contribution in [0.5, 0.6) is 0 Å². The second-order valence-corrected chi connectivity index (χ2v) is 8.12. The van der Waals surface area contributed by atoms with Gasteiger partial charge in [0.25, 0.3) is 0 Å². The molecule has 5 aromatic rings. The first-order chi connectivity index (χ1) is 16.2. The third-order valence-corrected chi connectivity index (χ3v) is 5.84. The first-order valence-corrected chi connectivity index (χ1v) is 11.0. The third kappa shape index (κ3) is 3.74. The average molecular weight is 438 g/mol. The maximum Gasteiger partial charge on any atom is 0.158 e. The molecule has 0 atom stereocenters. The van der Waals surface area contributed by atoms with E-state index >= 15 is 0 Å². The highest BCUT2D eigenvalue weighted by atomic mass is 16.5. The summed E-state index contributed by atoms with van der Waals surface area (Å²) in [5, 5.41) is 9.70. The fourth-order valence-corrected chi connectivity index (χ4v) is 4.15. The molecule has 0 saturated carbocycles. The van der Waals surface area contributed by atoms with E-state index in [9.17, 15) is 0 Å². The number of aryl methyl sites for hydroxylation is 1. The summed E-state index contributed by atoms with van der Waals surface area (Å²) in [6.45, 7) is 5.08. The van der Waals surface area contributed by atoms with Gasteiger partial charge in [0.1, 0.15) is 11.5 Å². The van der Waals surface area contributed by atoms with Gasteiger partial charge in [-0.1, -0.05) is 12.1 Å². The fraction of sp³-hybridized carbons (Fsp3) is 0.200. The van der Waals surface area contributed by atoms with Gasteiger partial charge in [0.15, 0.2) is 5.65 Å². The summed E-state index contributed by atoms with van der Waals surface area (Å²) < 4.78 is 9.38. The summed E-state index contributed by atoms with van der Waals surface area (Å²) in [4.78, 5) is 11.3. The van der Waals surface area contributed by atoms with Gasteiger partial charge in [-0.2, -0.15) is 14.7 Å². The van der Waals surface area contributed by atoms with Crippen LogP contribution in [0.1, 0.15) is 5.56 Å². The molecule has 1 fully saturated rings. The molecule has 0 bridgehead atoms. The molecule has 0 aliphatic carbocycles. The van der Waals surface area contributed by atoms with Crippen LogP contribution in [0.25, 0.3) is 34.0 Å². The summed E-state index contributed by atoms with van der Waals surface area (Å²) in [5.41, 5.74) is 6.51. The Morgan fingerprint density at radius 1 is 0.848 bits per heavy atom. The highest BCUT2D eigenvalue weighted by molar-refractivity contribution is 5.69. The number of hydrogen-bond donors (Lipinski definition) is 0. The molecule has 8 nitrogen and oxygen atoms in total. The topological polar surface area (TPSA) is 73.4 Å². The van der Waals surface area contributed by atoms with Crippen LogP contribution in [0, 0.1) is 6.92 Å². The standard InChI is InChI=1S/C25H23N7O/c1-18-3-2-4-20(15-18)31-10-7-21(28-31)23-17-25(30-11-13-33-14-12-30)32-24(27-23)16-22(29-32)19-5-8-26-9-6-19/h2-10,15-17H,11-14H2,1H3. The summed E-state index contributed by atoms with van der Waals surface area (Å²) >= 11 is 0. The SMILES string of the molecule is Cc1cccc(-n2ccc(-c3cc(N4CCOCC4)n4nc(-c5ccncc5)cc4n3)n2)c1. The number of fused-ring (bicyclic) bond motifs is 1. The Morgan fingerprint density at radius 2 is 1.70 bits per heavy atom. The summed E-state index contributed by atoms with van der Waals surface area (Å²) in [6, 6.07) is 18.3. The van der Waals surface area contributed by atoms with Crippen LogP contribution in [0.3, 0.4) is 0 Å². The summed E-state index contributed by atoms with van der Waals surface area (Å²) in [5.74, 6) is 0.990. The molecule has 5 heterocycles. The number of pyridine rings is 1. The van der Waals surface area contributed by atoms with Crippen LogP contribution in [0.4, 0.5) is 5.82 Å². The van der Waals surface area contributed by atoms with Crippen LogP contribution >= 0.6 is 0 Å². The average Bonchev–Trinajstić information content (AvgIpc) is 3.52. The number of benzene rings is 1. The fourth-order valence-electron chi connectivity index (χ4n) is 4.15. The maximum absolute atomic E-state index is 5.58. The van der Waals surface area contributed by atoms with E-state index in [2.05, 4.69) is 41.1 Å². The van der Waals surface area contributed by atoms with Crippen molar-refractivity contribution in [2.24, 2.45) is 0 Å². The van der Waals surface area contributed by atoms with Gasteiger partial charge in [-0.3, -0.25) is 4.98 Å². The maximum atomic E-state index is 5.58. The number of hydrogen-bond acceptors (Lipinski definition) is 6.